The molecule has 0 radical (unpaired) electrons. The van der Waals surface area contributed by atoms with Gasteiger partial charge in [-0.15, -0.1) is 0 Å². The summed E-state index contributed by atoms with van der Waals surface area (Å²) in [6.45, 7) is 2.68. The molecule has 0 bridgehead atoms. The van der Waals surface area contributed by atoms with Crippen molar-refractivity contribution in [1.29, 1.82) is 0 Å². The number of carbonyl (C=O) groups is 1. The summed E-state index contributed by atoms with van der Waals surface area (Å²) in [7, 11) is 0. The Morgan fingerprint density at radius 2 is 2.26 bits per heavy atom. The molecule has 0 saturated carbocycles. The van der Waals surface area contributed by atoms with Gasteiger partial charge in [-0.25, -0.2) is 0 Å². The van der Waals surface area contributed by atoms with Gasteiger partial charge in [0.1, 0.15) is 5.56 Å². The van der Waals surface area contributed by atoms with Gasteiger partial charge in [-0.2, -0.15) is 4.57 Å². The first-order valence-corrected chi connectivity index (χ1v) is 6.99. The highest BCUT2D eigenvalue weighted by Crippen LogP contribution is 2.27. The molecule has 1 atom stereocenters. The van der Waals surface area contributed by atoms with Gasteiger partial charge >= 0.3 is 5.88 Å². The molecule has 0 spiro atoms. The molecule has 19 heavy (non-hydrogen) atoms. The lowest BCUT2D eigenvalue weighted by Gasteiger charge is -2.04. The summed E-state index contributed by atoms with van der Waals surface area (Å²) in [6.07, 6.45) is 0.863. The fourth-order valence-electron chi connectivity index (χ4n) is 2.43. The molecule has 3 rings (SSSR count). The molecular formula is C14H13Br2NO2. The van der Waals surface area contributed by atoms with Gasteiger partial charge in [-0.3, -0.25) is 4.79 Å². The minimum atomic E-state index is 0. The van der Waals surface area contributed by atoms with Gasteiger partial charge in [0.2, 0.25) is 11.6 Å². The maximum atomic E-state index is 11.2. The summed E-state index contributed by atoms with van der Waals surface area (Å²) in [6, 6.07) is 8.38. The summed E-state index contributed by atoms with van der Waals surface area (Å²) in [5.74, 6) is 0.688. The second-order valence-electron chi connectivity index (χ2n) is 4.57. The van der Waals surface area contributed by atoms with Gasteiger partial charge in [0.25, 0.3) is 0 Å². The summed E-state index contributed by atoms with van der Waals surface area (Å²) in [5, 5.41) is 1.89. The number of pyridine rings is 1. The third-order valence-electron chi connectivity index (χ3n) is 3.30. The Morgan fingerprint density at radius 3 is 2.95 bits per heavy atom. The fourth-order valence-corrected chi connectivity index (χ4v) is 2.90. The van der Waals surface area contributed by atoms with Crippen LogP contribution in [-0.2, 0) is 0 Å². The first kappa shape index (κ1) is 14.5. The van der Waals surface area contributed by atoms with E-state index in [-0.39, 0.29) is 23.0 Å². The first-order valence-electron chi connectivity index (χ1n) is 5.87. The number of benzene rings is 1. The highest BCUT2D eigenvalue weighted by Gasteiger charge is 2.36. The molecule has 2 heterocycles. The molecule has 1 aliphatic rings. The predicted octanol–water partition coefficient (Wildman–Crippen LogP) is -0.419. The Labute approximate surface area is 130 Å². The number of rotatable bonds is 2. The standard InChI is InChI=1S/C14H13BrNO2.BrH/c1-9-2-3-10-5-11(7-17)14-16(13(10)4-9)12(6-15)8-18-14;/h2-5,7,12H,6,8H2,1H3;1H/q+1;/p-1. The van der Waals surface area contributed by atoms with Crippen LogP contribution >= 0.6 is 15.9 Å². The quantitative estimate of drug-likeness (QED) is 0.398. The van der Waals surface area contributed by atoms with E-state index >= 15 is 0 Å². The number of alkyl halides is 1. The highest BCUT2D eigenvalue weighted by molar-refractivity contribution is 9.09. The Kier molecular flexibility index (Phi) is 4.26. The van der Waals surface area contributed by atoms with Crippen LogP contribution in [-0.4, -0.2) is 18.2 Å². The van der Waals surface area contributed by atoms with Gasteiger partial charge in [0, 0.05) is 11.5 Å². The molecule has 0 saturated heterocycles. The predicted molar refractivity (Wildman–Crippen MR) is 72.6 cm³/mol. The van der Waals surface area contributed by atoms with E-state index in [0.29, 0.717) is 18.1 Å². The zero-order valence-electron chi connectivity index (χ0n) is 10.4. The van der Waals surface area contributed by atoms with Crippen LogP contribution in [0.5, 0.6) is 5.88 Å². The molecule has 1 aliphatic heterocycles. The van der Waals surface area contributed by atoms with E-state index < -0.39 is 0 Å². The lowest BCUT2D eigenvalue weighted by molar-refractivity contribution is -0.675. The minimum Gasteiger partial charge on any atom is -1.00 e. The smallest absolute Gasteiger partial charge is 0.379 e. The number of aromatic nitrogens is 1. The first-order chi connectivity index (χ1) is 8.74. The Balaban J connectivity index is 0.00000133. The lowest BCUT2D eigenvalue weighted by Crippen LogP contribution is -3.00. The van der Waals surface area contributed by atoms with Crippen LogP contribution in [0.25, 0.3) is 10.9 Å². The van der Waals surface area contributed by atoms with Crippen LogP contribution in [0.1, 0.15) is 22.0 Å². The van der Waals surface area contributed by atoms with E-state index in [2.05, 4.69) is 45.6 Å². The third-order valence-corrected chi connectivity index (χ3v) is 4.05. The lowest BCUT2D eigenvalue weighted by atomic mass is 10.1. The zero-order chi connectivity index (χ0) is 12.7. The number of aryl methyl sites for hydroxylation is 1. The van der Waals surface area contributed by atoms with Crippen LogP contribution < -0.4 is 26.3 Å². The van der Waals surface area contributed by atoms with Crippen molar-refractivity contribution in [3.05, 3.63) is 35.4 Å². The SMILES string of the molecule is Cc1ccc2cc(C=O)c3[n+](c2c1)C(CBr)CO3.[Br-]. The highest BCUT2D eigenvalue weighted by atomic mass is 79.9. The van der Waals surface area contributed by atoms with Crippen molar-refractivity contribution in [2.75, 3.05) is 11.9 Å². The summed E-state index contributed by atoms with van der Waals surface area (Å²) in [4.78, 5) is 11.2. The topological polar surface area (TPSA) is 30.2 Å². The van der Waals surface area contributed by atoms with E-state index in [4.69, 9.17) is 4.74 Å². The molecule has 2 aromatic rings. The van der Waals surface area contributed by atoms with E-state index in [1.165, 1.54) is 5.56 Å². The molecule has 0 N–H and O–H groups in total. The molecule has 0 aliphatic carbocycles. The van der Waals surface area contributed by atoms with Crippen molar-refractivity contribution in [3.8, 4) is 5.88 Å². The van der Waals surface area contributed by atoms with Crippen molar-refractivity contribution in [2.45, 2.75) is 13.0 Å². The number of nitrogens with zero attached hydrogens (tertiary/aromatic N) is 1. The maximum absolute atomic E-state index is 11.2. The number of hydrogen-bond donors (Lipinski definition) is 0. The van der Waals surface area contributed by atoms with Gasteiger partial charge in [-0.1, -0.05) is 22.0 Å². The van der Waals surface area contributed by atoms with Crippen molar-refractivity contribution in [2.24, 2.45) is 0 Å². The van der Waals surface area contributed by atoms with Crippen LogP contribution in [0.4, 0.5) is 0 Å². The van der Waals surface area contributed by atoms with Crippen LogP contribution in [0.15, 0.2) is 24.3 Å². The average molecular weight is 387 g/mol. The van der Waals surface area contributed by atoms with E-state index in [1.54, 1.807) is 0 Å². The molecular weight excluding hydrogens is 374 g/mol. The largest absolute Gasteiger partial charge is 1.00 e. The van der Waals surface area contributed by atoms with E-state index in [0.717, 1.165) is 22.5 Å². The van der Waals surface area contributed by atoms with Crippen LogP contribution in [0.2, 0.25) is 0 Å². The van der Waals surface area contributed by atoms with E-state index in [1.807, 2.05) is 6.07 Å². The molecule has 1 aromatic carbocycles. The van der Waals surface area contributed by atoms with E-state index in [9.17, 15) is 4.79 Å². The van der Waals surface area contributed by atoms with Crippen LogP contribution in [0.3, 0.4) is 0 Å². The summed E-state index contributed by atoms with van der Waals surface area (Å²) >= 11 is 3.51. The van der Waals surface area contributed by atoms with Gasteiger partial charge in [0.05, 0.1) is 5.33 Å². The summed E-state index contributed by atoms with van der Waals surface area (Å²) < 4.78 is 7.80. The monoisotopic (exact) mass is 385 g/mol. The molecule has 1 aromatic heterocycles. The Bertz CT molecular complexity index is 643. The zero-order valence-corrected chi connectivity index (χ0v) is 13.6. The number of carbonyl (C=O) groups excluding carboxylic acids is 1. The number of halogens is 2. The Hall–Kier alpha value is -0.940. The van der Waals surface area contributed by atoms with Crippen molar-refractivity contribution in [3.63, 3.8) is 0 Å². The fraction of sp³-hybridized carbons (Fsp3) is 0.286. The van der Waals surface area contributed by atoms with Gasteiger partial charge in [0.15, 0.2) is 12.9 Å². The normalized spacial score (nSPS) is 16.6. The molecule has 1 unspecified atom stereocenters. The Morgan fingerprint density at radius 1 is 1.47 bits per heavy atom. The second-order valence-corrected chi connectivity index (χ2v) is 5.22. The minimum absolute atomic E-state index is 0. The number of ether oxygens (including phenoxy) is 1. The van der Waals surface area contributed by atoms with Crippen LogP contribution in [0, 0.1) is 6.92 Å². The summed E-state index contributed by atoms with van der Waals surface area (Å²) in [5.41, 5.74) is 2.95. The third kappa shape index (κ3) is 2.30. The van der Waals surface area contributed by atoms with Gasteiger partial charge in [-0.05, 0) is 24.6 Å². The second kappa shape index (κ2) is 5.59. The molecule has 5 heteroatoms. The molecule has 100 valence electrons. The van der Waals surface area contributed by atoms with Crippen molar-refractivity contribution >= 4 is 33.1 Å². The van der Waals surface area contributed by atoms with Crippen molar-refractivity contribution < 1.29 is 31.1 Å². The molecule has 0 amide bonds. The number of hydrogen-bond acceptors (Lipinski definition) is 2. The molecule has 0 fully saturated rings. The maximum Gasteiger partial charge on any atom is 0.379 e. The average Bonchev–Trinajstić information content (AvgIpc) is 2.82. The van der Waals surface area contributed by atoms with Gasteiger partial charge < -0.3 is 21.7 Å². The number of aldehydes is 1. The van der Waals surface area contributed by atoms with Crippen molar-refractivity contribution in [1.82, 2.24) is 0 Å². The number of fused-ring (bicyclic) bond motifs is 3. The molecule has 3 nitrogen and oxygen atoms in total.